The van der Waals surface area contributed by atoms with Crippen molar-refractivity contribution in [2.24, 2.45) is 0 Å². The molecule has 0 aliphatic heterocycles. The number of benzene rings is 20. The van der Waals surface area contributed by atoms with E-state index in [4.69, 9.17) is 9.97 Å². The van der Waals surface area contributed by atoms with Crippen LogP contribution in [0, 0.1) is 0 Å². The lowest BCUT2D eigenvalue weighted by atomic mass is 9.93. The fourth-order valence-corrected chi connectivity index (χ4v) is 21.4. The highest BCUT2D eigenvalue weighted by Gasteiger charge is 2.26. The molecule has 132 heavy (non-hydrogen) atoms. The van der Waals surface area contributed by atoms with E-state index in [-0.39, 0.29) is 0 Å². The lowest BCUT2D eigenvalue weighted by Gasteiger charge is -2.15. The van der Waals surface area contributed by atoms with E-state index in [2.05, 4.69) is 501 Å². The highest BCUT2D eigenvalue weighted by Crippen LogP contribution is 2.47. The molecule has 0 N–H and O–H groups in total. The number of aromatic nitrogens is 8. The van der Waals surface area contributed by atoms with Crippen LogP contribution in [0.25, 0.3) is 254 Å². The van der Waals surface area contributed by atoms with E-state index in [1.807, 2.05) is 0 Å². The summed E-state index contributed by atoms with van der Waals surface area (Å²) in [5, 5.41) is 14.1. The van der Waals surface area contributed by atoms with Crippen LogP contribution < -0.4 is 0 Å². The largest absolute Gasteiger partial charge is 0.309 e. The van der Waals surface area contributed by atoms with Crippen molar-refractivity contribution >= 4 is 131 Å². The highest BCUT2D eigenvalue weighted by atomic mass is 15.2. The second-order valence-electron chi connectivity index (χ2n) is 34.8. The predicted octanol–water partition coefficient (Wildman–Crippen LogP) is 32.4. The molecule has 27 aromatic rings. The molecule has 0 atom stereocenters. The number of fused-ring (bicyclic) bond motifs is 18. The first-order valence-corrected chi connectivity index (χ1v) is 45.2. The molecular formula is C124H78N8. The quantitative estimate of drug-likeness (QED) is 0.109. The molecule has 7 heterocycles. The fourth-order valence-electron chi connectivity index (χ4n) is 21.4. The summed E-state index contributed by atoms with van der Waals surface area (Å²) in [6, 6.07) is 174. The van der Waals surface area contributed by atoms with Gasteiger partial charge in [0.1, 0.15) is 0 Å². The zero-order chi connectivity index (χ0) is 86.6. The molecule has 7 aromatic heterocycles. The molecule has 20 aromatic carbocycles. The maximum Gasteiger partial charge on any atom is 0.235 e. The molecule has 0 saturated carbocycles. The molecule has 0 saturated heterocycles. The first-order chi connectivity index (χ1) is 65.4. The van der Waals surface area contributed by atoms with Gasteiger partial charge in [0, 0.05) is 104 Å². The van der Waals surface area contributed by atoms with Crippen LogP contribution in [0.2, 0.25) is 0 Å². The number of para-hydroxylation sites is 8. The van der Waals surface area contributed by atoms with Crippen molar-refractivity contribution in [3.63, 3.8) is 0 Å². The van der Waals surface area contributed by atoms with E-state index in [1.165, 1.54) is 76.2 Å². The lowest BCUT2D eigenvalue weighted by Crippen LogP contribution is -2.04. The summed E-state index contributed by atoms with van der Waals surface area (Å²) in [5.74, 6) is 0.552. The number of nitrogens with zero attached hydrogens (tertiary/aromatic N) is 8. The predicted molar refractivity (Wildman–Crippen MR) is 552 cm³/mol. The molecule has 0 bridgehead atoms. The molecule has 0 radical (unpaired) electrons. The van der Waals surface area contributed by atoms with E-state index in [1.54, 1.807) is 0 Å². The zero-order valence-corrected chi connectivity index (χ0v) is 71.6. The van der Waals surface area contributed by atoms with Gasteiger partial charge in [-0.3, -0.25) is 4.57 Å². The molecule has 614 valence electrons. The minimum Gasteiger partial charge on any atom is -0.309 e. The standard InChI is InChI=1S/C124H78N8/c1-6-28-79(29-7-1)96-42-16-17-43-97(96)88-30-26-31-89(68-88)110-78-111(126-124(125-110)132-122-66-58-86(82-54-62-118-104(72-82)100-46-20-24-50-114(100)129(118)93-37-12-4-13-38-93)76-108(122)109-77-87(59-67-123(109)132)83-55-63-119-105(73-83)101-47-21-25-51-115(101)130(119)94-39-14-5-15-40-94)90-32-27-41-95(69-90)131-120-64-56-84(80-52-60-116-102(70-80)98-44-18-22-48-112(98)127(116)91-33-8-2-9-34-91)74-106(120)107-75-85(57-65-121(107)131)81-53-61-117-103(71-81)99-45-19-23-49-113(99)128(117)92-35-10-3-11-36-92/h1-78H. The van der Waals surface area contributed by atoms with Crippen molar-refractivity contribution in [3.8, 4) is 124 Å². The summed E-state index contributed by atoms with van der Waals surface area (Å²) in [4.78, 5) is 11.8. The van der Waals surface area contributed by atoms with Crippen LogP contribution in [0.15, 0.2) is 473 Å². The SMILES string of the molecule is c1ccc(-c2ccccc2-c2cccc(-c3cc(-c4cccc(-n5c6ccc(-c7ccc8c(c7)c7ccccc7n8-c7ccccc7)cc6c6cc(-c7ccc8c(c7)c7ccccc7n8-c7ccccc7)ccc65)c4)nc(-n4c5ccc(-c6ccc7c(c6)c6ccccc6n7-c6ccccc6)cc5c5cc(-c6ccc7c(c6)c6ccccc6n7-c6ccccc6)ccc54)n3)c2)cc1. The number of hydrogen-bond donors (Lipinski definition) is 0. The third-order valence-corrected chi connectivity index (χ3v) is 27.4. The van der Waals surface area contributed by atoms with Gasteiger partial charge < -0.3 is 22.8 Å². The Morgan fingerprint density at radius 1 is 0.121 bits per heavy atom. The van der Waals surface area contributed by atoms with Crippen LogP contribution in [0.1, 0.15) is 0 Å². The van der Waals surface area contributed by atoms with Gasteiger partial charge in [0.2, 0.25) is 5.95 Å². The minimum absolute atomic E-state index is 0.552. The monoisotopic (exact) mass is 1680 g/mol. The van der Waals surface area contributed by atoms with E-state index in [0.717, 1.165) is 172 Å². The van der Waals surface area contributed by atoms with Crippen molar-refractivity contribution in [3.05, 3.63) is 473 Å². The van der Waals surface area contributed by atoms with E-state index in [0.29, 0.717) is 5.95 Å². The Labute approximate surface area is 759 Å². The van der Waals surface area contributed by atoms with Crippen molar-refractivity contribution in [2.45, 2.75) is 0 Å². The molecule has 0 aliphatic carbocycles. The molecular weight excluding hydrogens is 1600 g/mol. The van der Waals surface area contributed by atoms with Crippen LogP contribution in [-0.4, -0.2) is 37.4 Å². The number of rotatable bonds is 14. The second-order valence-corrected chi connectivity index (χ2v) is 34.8. The van der Waals surface area contributed by atoms with Gasteiger partial charge in [-0.1, -0.05) is 279 Å². The molecule has 8 heteroatoms. The van der Waals surface area contributed by atoms with Crippen LogP contribution in [0.5, 0.6) is 0 Å². The summed E-state index contributed by atoms with van der Waals surface area (Å²) >= 11 is 0. The highest BCUT2D eigenvalue weighted by molar-refractivity contribution is 6.18. The Bertz CT molecular complexity index is 8960. The van der Waals surface area contributed by atoms with Crippen LogP contribution in [0.4, 0.5) is 0 Å². The molecule has 27 rings (SSSR count). The molecule has 0 fully saturated rings. The average molecular weight is 1680 g/mol. The molecule has 8 nitrogen and oxygen atoms in total. The van der Waals surface area contributed by atoms with Crippen molar-refractivity contribution < 1.29 is 0 Å². The van der Waals surface area contributed by atoms with E-state index in [9.17, 15) is 0 Å². The molecule has 0 unspecified atom stereocenters. The Hall–Kier alpha value is -17.7. The molecule has 0 spiro atoms. The first-order valence-electron chi connectivity index (χ1n) is 45.2. The van der Waals surface area contributed by atoms with Gasteiger partial charge in [-0.2, -0.15) is 0 Å². The first kappa shape index (κ1) is 74.5. The van der Waals surface area contributed by atoms with Gasteiger partial charge in [0.15, 0.2) is 0 Å². The smallest absolute Gasteiger partial charge is 0.235 e. The van der Waals surface area contributed by atoms with Gasteiger partial charge in [0.05, 0.1) is 77.6 Å². The topological polar surface area (TPSA) is 55.4 Å². The minimum atomic E-state index is 0.552. The van der Waals surface area contributed by atoms with Crippen molar-refractivity contribution in [1.29, 1.82) is 0 Å². The maximum atomic E-state index is 5.94. The van der Waals surface area contributed by atoms with Gasteiger partial charge in [0.25, 0.3) is 0 Å². The summed E-state index contributed by atoms with van der Waals surface area (Å²) in [5.41, 5.74) is 36.0. The van der Waals surface area contributed by atoms with Crippen LogP contribution in [0.3, 0.4) is 0 Å². The molecule has 0 amide bonds. The Morgan fingerprint density at radius 3 is 0.667 bits per heavy atom. The third kappa shape index (κ3) is 11.9. The Morgan fingerprint density at radius 2 is 0.341 bits per heavy atom. The summed E-state index contributed by atoms with van der Waals surface area (Å²) in [6.07, 6.45) is 0. The summed E-state index contributed by atoms with van der Waals surface area (Å²) in [7, 11) is 0. The van der Waals surface area contributed by atoms with E-state index >= 15 is 0 Å². The van der Waals surface area contributed by atoms with Crippen molar-refractivity contribution in [2.75, 3.05) is 0 Å². The Balaban J connectivity index is 0.660. The van der Waals surface area contributed by atoms with Crippen LogP contribution in [-0.2, 0) is 0 Å². The normalized spacial score (nSPS) is 11.9. The average Bonchev–Trinajstić information content (AvgIpc) is 1.60. The summed E-state index contributed by atoms with van der Waals surface area (Å²) < 4.78 is 14.3. The Kier molecular flexibility index (Phi) is 16.9. The zero-order valence-electron chi connectivity index (χ0n) is 71.6. The van der Waals surface area contributed by atoms with Gasteiger partial charge in [-0.15, -0.1) is 0 Å². The van der Waals surface area contributed by atoms with Gasteiger partial charge in [-0.25, -0.2) is 9.97 Å². The van der Waals surface area contributed by atoms with E-state index < -0.39 is 0 Å². The number of hydrogen-bond acceptors (Lipinski definition) is 2. The lowest BCUT2D eigenvalue weighted by molar-refractivity contribution is 0.995. The van der Waals surface area contributed by atoms with Gasteiger partial charge >= 0.3 is 0 Å². The van der Waals surface area contributed by atoms with Crippen molar-refractivity contribution in [1.82, 2.24) is 37.4 Å². The van der Waals surface area contributed by atoms with Gasteiger partial charge in [-0.05, 0) is 261 Å². The fraction of sp³-hybridized carbons (Fsp3) is 0. The summed E-state index contributed by atoms with van der Waals surface area (Å²) in [6.45, 7) is 0. The van der Waals surface area contributed by atoms with Crippen LogP contribution >= 0.6 is 0 Å². The third-order valence-electron chi connectivity index (χ3n) is 27.4. The molecule has 0 aliphatic rings. The second kappa shape index (κ2) is 30.0. The maximum absolute atomic E-state index is 5.94.